The van der Waals surface area contributed by atoms with Crippen molar-refractivity contribution in [3.8, 4) is 5.75 Å². The first-order chi connectivity index (χ1) is 7.30. The first-order valence-corrected chi connectivity index (χ1v) is 6.68. The van der Waals surface area contributed by atoms with Crippen molar-refractivity contribution >= 4 is 10.0 Å². The van der Waals surface area contributed by atoms with Crippen molar-refractivity contribution in [3.63, 3.8) is 0 Å². The number of nitrogens with two attached hydrogens (primary N) is 1. The first kappa shape index (κ1) is 11.4. The van der Waals surface area contributed by atoms with Crippen molar-refractivity contribution in [1.82, 2.24) is 0 Å². The zero-order chi connectivity index (χ0) is 12.0. The summed E-state index contributed by atoms with van der Waals surface area (Å²) in [5.74, 6) is 0.418. The topological polar surface area (TPSA) is 69.4 Å². The Hall–Kier alpha value is -1.07. The third kappa shape index (κ3) is 2.05. The number of primary sulfonamides is 1. The van der Waals surface area contributed by atoms with Crippen LogP contribution < -0.4 is 9.88 Å². The highest BCUT2D eigenvalue weighted by Gasteiger charge is 2.30. The number of sulfonamides is 1. The van der Waals surface area contributed by atoms with Gasteiger partial charge in [0, 0.05) is 0 Å². The van der Waals surface area contributed by atoms with Crippen LogP contribution in [0.25, 0.3) is 0 Å². The molecule has 0 saturated heterocycles. The van der Waals surface area contributed by atoms with Gasteiger partial charge in [0.1, 0.15) is 16.2 Å². The summed E-state index contributed by atoms with van der Waals surface area (Å²) in [5, 5.41) is 5.16. The van der Waals surface area contributed by atoms with E-state index >= 15 is 0 Å². The summed E-state index contributed by atoms with van der Waals surface area (Å²) in [4.78, 5) is 0.0813. The molecule has 1 aliphatic rings. The molecular weight excluding hydrogens is 226 g/mol. The minimum atomic E-state index is -3.72. The molecule has 1 aliphatic heterocycles. The second-order valence-corrected chi connectivity index (χ2v) is 6.18. The van der Waals surface area contributed by atoms with Crippen LogP contribution in [-0.4, -0.2) is 14.0 Å². The number of aryl methyl sites for hydroxylation is 1. The number of para-hydroxylation sites is 1. The van der Waals surface area contributed by atoms with Crippen molar-refractivity contribution in [1.29, 1.82) is 0 Å². The van der Waals surface area contributed by atoms with Crippen molar-refractivity contribution < 1.29 is 13.2 Å². The number of ether oxygens (including phenoxy) is 1. The van der Waals surface area contributed by atoms with E-state index in [9.17, 15) is 8.42 Å². The highest BCUT2D eigenvalue weighted by Crippen LogP contribution is 2.37. The van der Waals surface area contributed by atoms with Gasteiger partial charge in [-0.3, -0.25) is 0 Å². The number of rotatable bonds is 1. The van der Waals surface area contributed by atoms with E-state index in [1.807, 2.05) is 19.9 Å². The van der Waals surface area contributed by atoms with Crippen molar-refractivity contribution in [2.45, 2.75) is 37.2 Å². The van der Waals surface area contributed by atoms with Gasteiger partial charge in [0.05, 0.1) is 0 Å². The van der Waals surface area contributed by atoms with E-state index in [1.54, 1.807) is 6.07 Å². The lowest BCUT2D eigenvalue weighted by molar-refractivity contribution is 0.0806. The van der Waals surface area contributed by atoms with E-state index < -0.39 is 10.0 Å². The molecule has 1 aromatic rings. The molecule has 2 rings (SSSR count). The second kappa shape index (κ2) is 3.46. The number of hydrogen-bond donors (Lipinski definition) is 1. The highest BCUT2D eigenvalue weighted by molar-refractivity contribution is 7.89. The lowest BCUT2D eigenvalue weighted by Crippen LogP contribution is -2.33. The SMILES string of the molecule is CC1(C)CCc2cccc(S(N)(=O)=O)c2O1. The Kier molecular flexibility index (Phi) is 2.47. The van der Waals surface area contributed by atoms with Gasteiger partial charge in [0.25, 0.3) is 0 Å². The summed E-state index contributed by atoms with van der Waals surface area (Å²) in [5.41, 5.74) is 0.569. The lowest BCUT2D eigenvalue weighted by Gasteiger charge is -2.33. The molecule has 0 unspecified atom stereocenters. The van der Waals surface area contributed by atoms with Crippen LogP contribution in [0, 0.1) is 0 Å². The number of benzene rings is 1. The monoisotopic (exact) mass is 241 g/mol. The Labute approximate surface area is 95.5 Å². The molecule has 0 fully saturated rings. The van der Waals surface area contributed by atoms with Crippen molar-refractivity contribution in [2.75, 3.05) is 0 Å². The Morgan fingerprint density at radius 3 is 2.69 bits per heavy atom. The summed E-state index contributed by atoms with van der Waals surface area (Å²) in [6.45, 7) is 3.88. The summed E-state index contributed by atoms with van der Waals surface area (Å²) in [6, 6.07) is 5.05. The Balaban J connectivity index is 2.60. The third-order valence-electron chi connectivity index (χ3n) is 2.74. The van der Waals surface area contributed by atoms with Crippen LogP contribution in [0.5, 0.6) is 5.75 Å². The van der Waals surface area contributed by atoms with Gasteiger partial charge >= 0.3 is 0 Å². The smallest absolute Gasteiger partial charge is 0.241 e. The lowest BCUT2D eigenvalue weighted by atomic mass is 9.94. The summed E-state index contributed by atoms with van der Waals surface area (Å²) in [7, 11) is -3.72. The van der Waals surface area contributed by atoms with Gasteiger partial charge in [0.15, 0.2) is 0 Å². The standard InChI is InChI=1S/C11H15NO3S/c1-11(2)7-6-8-4-3-5-9(10(8)15-11)16(12,13)14/h3-5H,6-7H2,1-2H3,(H2,12,13,14). The van der Waals surface area contributed by atoms with Crippen molar-refractivity contribution in [3.05, 3.63) is 23.8 Å². The maximum atomic E-state index is 11.4. The van der Waals surface area contributed by atoms with Gasteiger partial charge in [-0.15, -0.1) is 0 Å². The summed E-state index contributed by atoms with van der Waals surface area (Å²) >= 11 is 0. The van der Waals surface area contributed by atoms with E-state index in [2.05, 4.69) is 0 Å². The fourth-order valence-electron chi connectivity index (χ4n) is 1.86. The van der Waals surface area contributed by atoms with Crippen LogP contribution in [0.1, 0.15) is 25.8 Å². The molecule has 5 heteroatoms. The van der Waals surface area contributed by atoms with Gasteiger partial charge in [-0.1, -0.05) is 12.1 Å². The zero-order valence-corrected chi connectivity index (χ0v) is 10.2. The zero-order valence-electron chi connectivity index (χ0n) is 9.36. The van der Waals surface area contributed by atoms with Gasteiger partial charge in [-0.05, 0) is 38.3 Å². The highest BCUT2D eigenvalue weighted by atomic mass is 32.2. The molecule has 4 nitrogen and oxygen atoms in total. The third-order valence-corrected chi connectivity index (χ3v) is 3.68. The molecule has 0 aliphatic carbocycles. The molecular formula is C11H15NO3S. The molecule has 1 heterocycles. The Bertz CT molecular complexity index is 520. The van der Waals surface area contributed by atoms with E-state index in [-0.39, 0.29) is 10.5 Å². The average molecular weight is 241 g/mol. The molecule has 16 heavy (non-hydrogen) atoms. The van der Waals surface area contributed by atoms with E-state index in [0.717, 1.165) is 18.4 Å². The summed E-state index contributed by atoms with van der Waals surface area (Å²) in [6.07, 6.45) is 1.68. The van der Waals surface area contributed by atoms with Crippen LogP contribution in [0.4, 0.5) is 0 Å². The minimum absolute atomic E-state index is 0.0813. The van der Waals surface area contributed by atoms with Crippen molar-refractivity contribution in [2.24, 2.45) is 5.14 Å². The van der Waals surface area contributed by atoms with E-state index in [1.165, 1.54) is 6.07 Å². The first-order valence-electron chi connectivity index (χ1n) is 5.13. The molecule has 0 spiro atoms. The predicted molar refractivity (Wildman–Crippen MR) is 60.8 cm³/mol. The van der Waals surface area contributed by atoms with E-state index in [0.29, 0.717) is 5.75 Å². The molecule has 1 aromatic carbocycles. The quantitative estimate of drug-likeness (QED) is 0.808. The minimum Gasteiger partial charge on any atom is -0.486 e. The second-order valence-electron chi connectivity index (χ2n) is 4.65. The van der Waals surface area contributed by atoms with Crippen LogP contribution >= 0.6 is 0 Å². The molecule has 2 N–H and O–H groups in total. The maximum absolute atomic E-state index is 11.4. The van der Waals surface area contributed by atoms with Gasteiger partial charge in [-0.25, -0.2) is 13.6 Å². The van der Waals surface area contributed by atoms with Crippen LogP contribution in [-0.2, 0) is 16.4 Å². The maximum Gasteiger partial charge on any atom is 0.241 e. The van der Waals surface area contributed by atoms with Gasteiger partial charge < -0.3 is 4.74 Å². The Morgan fingerprint density at radius 2 is 2.06 bits per heavy atom. The normalized spacial score (nSPS) is 18.7. The predicted octanol–water partition coefficient (Wildman–Crippen LogP) is 1.44. The molecule has 0 bridgehead atoms. The molecule has 0 amide bonds. The molecule has 0 aromatic heterocycles. The van der Waals surface area contributed by atoms with Gasteiger partial charge in [-0.2, -0.15) is 0 Å². The average Bonchev–Trinajstić information content (AvgIpc) is 2.13. The van der Waals surface area contributed by atoms with Gasteiger partial charge in [0.2, 0.25) is 10.0 Å². The van der Waals surface area contributed by atoms with Crippen LogP contribution in [0.15, 0.2) is 23.1 Å². The summed E-state index contributed by atoms with van der Waals surface area (Å²) < 4.78 is 28.5. The molecule has 0 saturated carbocycles. The molecule has 88 valence electrons. The largest absolute Gasteiger partial charge is 0.486 e. The fourth-order valence-corrected chi connectivity index (χ4v) is 2.56. The van der Waals surface area contributed by atoms with Crippen LogP contribution in [0.2, 0.25) is 0 Å². The molecule has 0 radical (unpaired) electrons. The number of fused-ring (bicyclic) bond motifs is 1. The fraction of sp³-hybridized carbons (Fsp3) is 0.455. The van der Waals surface area contributed by atoms with Crippen LogP contribution in [0.3, 0.4) is 0 Å². The molecule has 0 atom stereocenters. The van der Waals surface area contributed by atoms with E-state index in [4.69, 9.17) is 9.88 Å². The number of hydrogen-bond acceptors (Lipinski definition) is 3. The Morgan fingerprint density at radius 1 is 1.38 bits per heavy atom.